The Bertz CT molecular complexity index is 552. The highest BCUT2D eigenvalue weighted by atomic mass is 16.1. The average molecular weight is 269 g/mol. The van der Waals surface area contributed by atoms with Gasteiger partial charge in [0.15, 0.2) is 0 Å². The number of pyridine rings is 1. The number of benzene rings is 1. The maximum Gasteiger partial charge on any atom is 0.251 e. The van der Waals surface area contributed by atoms with Crippen molar-refractivity contribution in [3.63, 3.8) is 0 Å². The number of hydrogen-bond acceptors (Lipinski definition) is 3. The van der Waals surface area contributed by atoms with E-state index in [1.54, 1.807) is 13.2 Å². The SMILES string of the molecule is CNC(=O)c1ccc(CN[C@H](C)c2cccnc2)cc1. The Kier molecular flexibility index (Phi) is 4.85. The maximum atomic E-state index is 11.4. The van der Waals surface area contributed by atoms with Crippen LogP contribution in [-0.2, 0) is 6.54 Å². The number of amides is 1. The normalized spacial score (nSPS) is 11.9. The molecule has 0 spiro atoms. The number of rotatable bonds is 5. The number of aromatic nitrogens is 1. The van der Waals surface area contributed by atoms with Crippen LogP contribution in [0.15, 0.2) is 48.8 Å². The summed E-state index contributed by atoms with van der Waals surface area (Å²) in [5.41, 5.74) is 2.99. The van der Waals surface area contributed by atoms with Crippen LogP contribution in [0.1, 0.15) is 34.5 Å². The molecule has 1 heterocycles. The van der Waals surface area contributed by atoms with Crippen LogP contribution in [-0.4, -0.2) is 17.9 Å². The minimum Gasteiger partial charge on any atom is -0.355 e. The second-order valence-corrected chi connectivity index (χ2v) is 4.66. The van der Waals surface area contributed by atoms with E-state index in [1.165, 1.54) is 0 Å². The van der Waals surface area contributed by atoms with Crippen molar-refractivity contribution in [2.45, 2.75) is 19.5 Å². The van der Waals surface area contributed by atoms with Crippen molar-refractivity contribution in [2.75, 3.05) is 7.05 Å². The zero-order chi connectivity index (χ0) is 14.4. The van der Waals surface area contributed by atoms with E-state index in [9.17, 15) is 4.79 Å². The van der Waals surface area contributed by atoms with Gasteiger partial charge >= 0.3 is 0 Å². The average Bonchev–Trinajstić information content (AvgIpc) is 2.53. The lowest BCUT2D eigenvalue weighted by Gasteiger charge is -2.14. The Labute approximate surface area is 119 Å². The molecule has 0 saturated heterocycles. The van der Waals surface area contributed by atoms with E-state index in [0.717, 1.165) is 17.7 Å². The Morgan fingerprint density at radius 1 is 1.25 bits per heavy atom. The third-order valence-electron chi connectivity index (χ3n) is 3.24. The van der Waals surface area contributed by atoms with Crippen LogP contribution in [0.3, 0.4) is 0 Å². The Morgan fingerprint density at radius 2 is 2.00 bits per heavy atom. The van der Waals surface area contributed by atoms with Gasteiger partial charge in [-0.1, -0.05) is 18.2 Å². The molecule has 0 aliphatic rings. The summed E-state index contributed by atoms with van der Waals surface area (Å²) in [6.07, 6.45) is 3.64. The molecule has 104 valence electrons. The standard InChI is InChI=1S/C16H19N3O/c1-12(15-4-3-9-18-11-15)19-10-13-5-7-14(8-6-13)16(20)17-2/h3-9,11-12,19H,10H2,1-2H3,(H,17,20)/t12-/m1/s1. The molecule has 4 heteroatoms. The third kappa shape index (κ3) is 3.65. The van der Waals surface area contributed by atoms with Gasteiger partial charge in [0, 0.05) is 37.6 Å². The summed E-state index contributed by atoms with van der Waals surface area (Å²) in [6.45, 7) is 2.86. The summed E-state index contributed by atoms with van der Waals surface area (Å²) in [7, 11) is 1.63. The molecule has 1 aromatic carbocycles. The lowest BCUT2D eigenvalue weighted by Crippen LogP contribution is -2.19. The monoisotopic (exact) mass is 269 g/mol. The highest BCUT2D eigenvalue weighted by molar-refractivity contribution is 5.93. The number of hydrogen-bond donors (Lipinski definition) is 2. The smallest absolute Gasteiger partial charge is 0.251 e. The van der Waals surface area contributed by atoms with Crippen LogP contribution in [0, 0.1) is 0 Å². The summed E-state index contributed by atoms with van der Waals surface area (Å²) in [5.74, 6) is -0.0618. The summed E-state index contributed by atoms with van der Waals surface area (Å²) in [5, 5.41) is 6.05. The molecule has 2 N–H and O–H groups in total. The fourth-order valence-electron chi connectivity index (χ4n) is 1.94. The van der Waals surface area contributed by atoms with Crippen molar-refractivity contribution < 1.29 is 4.79 Å². The highest BCUT2D eigenvalue weighted by Crippen LogP contribution is 2.11. The van der Waals surface area contributed by atoms with Gasteiger partial charge in [0.2, 0.25) is 0 Å². The van der Waals surface area contributed by atoms with Crippen molar-refractivity contribution in [3.05, 3.63) is 65.5 Å². The van der Waals surface area contributed by atoms with Gasteiger partial charge in [-0.05, 0) is 36.2 Å². The number of carbonyl (C=O) groups excluding carboxylic acids is 1. The second-order valence-electron chi connectivity index (χ2n) is 4.66. The summed E-state index contributed by atoms with van der Waals surface area (Å²) < 4.78 is 0. The third-order valence-corrected chi connectivity index (χ3v) is 3.24. The predicted molar refractivity (Wildman–Crippen MR) is 79.3 cm³/mol. The molecule has 0 aliphatic heterocycles. The first-order chi connectivity index (χ1) is 9.70. The molecule has 0 unspecified atom stereocenters. The molecule has 0 bridgehead atoms. The largest absolute Gasteiger partial charge is 0.355 e. The maximum absolute atomic E-state index is 11.4. The fourth-order valence-corrected chi connectivity index (χ4v) is 1.94. The molecule has 1 atom stereocenters. The molecule has 0 radical (unpaired) electrons. The van der Waals surface area contributed by atoms with Gasteiger partial charge in [0.05, 0.1) is 0 Å². The molecule has 1 amide bonds. The summed E-state index contributed by atoms with van der Waals surface area (Å²) in [4.78, 5) is 15.6. The van der Waals surface area contributed by atoms with E-state index in [-0.39, 0.29) is 11.9 Å². The van der Waals surface area contributed by atoms with E-state index >= 15 is 0 Å². The molecule has 0 fully saturated rings. The molecule has 20 heavy (non-hydrogen) atoms. The molecule has 0 saturated carbocycles. The van der Waals surface area contributed by atoms with E-state index in [1.807, 2.05) is 36.5 Å². The summed E-state index contributed by atoms with van der Waals surface area (Å²) in [6, 6.07) is 11.8. The molecular formula is C16H19N3O. The Morgan fingerprint density at radius 3 is 2.60 bits per heavy atom. The van der Waals surface area contributed by atoms with E-state index in [4.69, 9.17) is 0 Å². The van der Waals surface area contributed by atoms with E-state index < -0.39 is 0 Å². The zero-order valence-electron chi connectivity index (χ0n) is 11.8. The molecule has 0 aliphatic carbocycles. The topological polar surface area (TPSA) is 54.0 Å². The zero-order valence-corrected chi connectivity index (χ0v) is 11.8. The van der Waals surface area contributed by atoms with Gasteiger partial charge < -0.3 is 10.6 Å². The Hall–Kier alpha value is -2.20. The molecule has 2 aromatic rings. The van der Waals surface area contributed by atoms with Gasteiger partial charge in [0.25, 0.3) is 5.91 Å². The predicted octanol–water partition coefficient (Wildman–Crippen LogP) is 2.29. The lowest BCUT2D eigenvalue weighted by molar-refractivity contribution is 0.0963. The molecule has 2 rings (SSSR count). The van der Waals surface area contributed by atoms with Gasteiger partial charge in [0.1, 0.15) is 0 Å². The first kappa shape index (κ1) is 14.2. The Balaban J connectivity index is 1.93. The van der Waals surface area contributed by atoms with Crippen LogP contribution in [0.4, 0.5) is 0 Å². The van der Waals surface area contributed by atoms with Gasteiger partial charge in [-0.25, -0.2) is 0 Å². The van der Waals surface area contributed by atoms with Gasteiger partial charge in [-0.2, -0.15) is 0 Å². The van der Waals surface area contributed by atoms with E-state index in [2.05, 4.69) is 28.6 Å². The molecule has 4 nitrogen and oxygen atoms in total. The number of nitrogens with zero attached hydrogens (tertiary/aromatic N) is 1. The fraction of sp³-hybridized carbons (Fsp3) is 0.250. The van der Waals surface area contributed by atoms with Gasteiger partial charge in [-0.15, -0.1) is 0 Å². The quantitative estimate of drug-likeness (QED) is 0.875. The van der Waals surface area contributed by atoms with Crippen LogP contribution in [0.25, 0.3) is 0 Å². The van der Waals surface area contributed by atoms with Crippen LogP contribution >= 0.6 is 0 Å². The minimum absolute atomic E-state index is 0.0618. The van der Waals surface area contributed by atoms with Crippen LogP contribution in [0.2, 0.25) is 0 Å². The second kappa shape index (κ2) is 6.82. The molecule has 1 aromatic heterocycles. The number of carbonyl (C=O) groups is 1. The highest BCUT2D eigenvalue weighted by Gasteiger charge is 2.05. The van der Waals surface area contributed by atoms with Crippen molar-refractivity contribution in [1.82, 2.24) is 15.6 Å². The van der Waals surface area contributed by atoms with Crippen LogP contribution < -0.4 is 10.6 Å². The minimum atomic E-state index is -0.0618. The number of nitrogens with one attached hydrogen (secondary N) is 2. The van der Waals surface area contributed by atoms with Crippen molar-refractivity contribution in [1.29, 1.82) is 0 Å². The molecular weight excluding hydrogens is 250 g/mol. The van der Waals surface area contributed by atoms with Crippen LogP contribution in [0.5, 0.6) is 0 Å². The van der Waals surface area contributed by atoms with Crippen molar-refractivity contribution in [3.8, 4) is 0 Å². The summed E-state index contributed by atoms with van der Waals surface area (Å²) >= 11 is 0. The van der Waals surface area contributed by atoms with Crippen molar-refractivity contribution in [2.24, 2.45) is 0 Å². The first-order valence-corrected chi connectivity index (χ1v) is 6.65. The van der Waals surface area contributed by atoms with Gasteiger partial charge in [-0.3, -0.25) is 9.78 Å². The van der Waals surface area contributed by atoms with E-state index in [0.29, 0.717) is 5.56 Å². The lowest BCUT2D eigenvalue weighted by atomic mass is 10.1. The van der Waals surface area contributed by atoms with Crippen molar-refractivity contribution >= 4 is 5.91 Å². The first-order valence-electron chi connectivity index (χ1n) is 6.65.